The van der Waals surface area contributed by atoms with E-state index >= 15 is 0 Å². The first-order valence-corrected chi connectivity index (χ1v) is 7.34. The number of hydrogen-bond donors (Lipinski definition) is 0. The van der Waals surface area contributed by atoms with E-state index in [9.17, 15) is 14.4 Å². The average molecular weight is 302 g/mol. The van der Waals surface area contributed by atoms with Crippen molar-refractivity contribution in [2.75, 3.05) is 20.4 Å². The molecular weight excluding hydrogens is 284 g/mol. The molecule has 116 valence electrons. The Labute approximate surface area is 128 Å². The number of imide groups is 1. The van der Waals surface area contributed by atoms with Crippen LogP contribution in [0.4, 0.5) is 0 Å². The van der Waals surface area contributed by atoms with Gasteiger partial charge in [0, 0.05) is 19.0 Å². The molecule has 22 heavy (non-hydrogen) atoms. The minimum atomic E-state index is -0.383. The number of amides is 3. The number of ether oxygens (including phenoxy) is 1. The Balaban J connectivity index is 1.83. The molecule has 0 radical (unpaired) electrons. The van der Waals surface area contributed by atoms with Gasteiger partial charge >= 0.3 is 0 Å². The number of rotatable bonds is 1. The lowest BCUT2D eigenvalue weighted by Gasteiger charge is -2.35. The first kappa shape index (κ1) is 14.7. The minimum absolute atomic E-state index is 0.0398. The van der Waals surface area contributed by atoms with Crippen LogP contribution >= 0.6 is 0 Å². The molecule has 2 aliphatic heterocycles. The van der Waals surface area contributed by atoms with Gasteiger partial charge in [-0.2, -0.15) is 0 Å². The van der Waals surface area contributed by atoms with E-state index in [1.54, 1.807) is 25.2 Å². The van der Waals surface area contributed by atoms with E-state index in [2.05, 4.69) is 0 Å². The Kier molecular flexibility index (Phi) is 3.94. The maximum Gasteiger partial charge on any atom is 0.261 e. The van der Waals surface area contributed by atoms with Gasteiger partial charge < -0.3 is 9.64 Å². The lowest BCUT2D eigenvalue weighted by molar-refractivity contribution is -0.142. The zero-order valence-electron chi connectivity index (χ0n) is 12.4. The number of carbonyl (C=O) groups excluding carboxylic acids is 3. The molecule has 1 unspecified atom stereocenters. The molecule has 1 atom stereocenters. The number of hydrogen-bond acceptors (Lipinski definition) is 4. The van der Waals surface area contributed by atoms with E-state index in [0.29, 0.717) is 18.4 Å². The van der Waals surface area contributed by atoms with Gasteiger partial charge in [0.05, 0.1) is 19.1 Å². The normalized spacial score (nSPS) is 23.1. The summed E-state index contributed by atoms with van der Waals surface area (Å²) in [7, 11) is 1.68. The molecule has 2 aliphatic rings. The molecule has 0 spiro atoms. The number of carbonyl (C=O) groups is 3. The van der Waals surface area contributed by atoms with Crippen molar-refractivity contribution in [1.29, 1.82) is 0 Å². The predicted molar refractivity (Wildman–Crippen MR) is 77.9 cm³/mol. The Morgan fingerprint density at radius 1 is 1.14 bits per heavy atom. The summed E-state index contributed by atoms with van der Waals surface area (Å²) in [5, 5.41) is 0. The Morgan fingerprint density at radius 2 is 1.91 bits per heavy atom. The van der Waals surface area contributed by atoms with Crippen molar-refractivity contribution < 1.29 is 19.1 Å². The van der Waals surface area contributed by atoms with Crippen molar-refractivity contribution in [1.82, 2.24) is 9.80 Å². The summed E-state index contributed by atoms with van der Waals surface area (Å²) < 4.78 is 5.47. The summed E-state index contributed by atoms with van der Waals surface area (Å²) in [5.41, 5.74) is 1.32. The molecule has 1 aromatic rings. The molecule has 6 nitrogen and oxygen atoms in total. The highest BCUT2D eigenvalue weighted by Gasteiger charge is 2.36. The molecule has 0 saturated carbocycles. The first-order valence-electron chi connectivity index (χ1n) is 7.34. The van der Waals surface area contributed by atoms with E-state index in [4.69, 9.17) is 4.74 Å². The highest BCUT2D eigenvalue weighted by atomic mass is 16.5. The van der Waals surface area contributed by atoms with Crippen molar-refractivity contribution in [2.24, 2.45) is 0 Å². The van der Waals surface area contributed by atoms with E-state index in [1.807, 2.05) is 6.07 Å². The molecule has 3 amide bonds. The Morgan fingerprint density at radius 3 is 2.73 bits per heavy atom. The van der Waals surface area contributed by atoms with Crippen LogP contribution in [-0.2, 0) is 20.7 Å². The first-order chi connectivity index (χ1) is 10.6. The molecule has 2 heterocycles. The largest absolute Gasteiger partial charge is 0.359 e. The van der Waals surface area contributed by atoms with E-state index in [0.717, 1.165) is 5.56 Å². The zero-order valence-corrected chi connectivity index (χ0v) is 12.4. The van der Waals surface area contributed by atoms with Crippen molar-refractivity contribution in [3.8, 4) is 0 Å². The fourth-order valence-electron chi connectivity index (χ4n) is 2.91. The van der Waals surface area contributed by atoms with Crippen molar-refractivity contribution in [3.05, 3.63) is 35.4 Å². The maximum atomic E-state index is 12.6. The van der Waals surface area contributed by atoms with Gasteiger partial charge in [0.2, 0.25) is 11.8 Å². The molecule has 0 aliphatic carbocycles. The van der Waals surface area contributed by atoms with Gasteiger partial charge in [-0.3, -0.25) is 19.3 Å². The van der Waals surface area contributed by atoms with Crippen molar-refractivity contribution in [3.63, 3.8) is 0 Å². The summed E-state index contributed by atoms with van der Waals surface area (Å²) in [6.07, 6.45) is 0.957. The second kappa shape index (κ2) is 5.88. The Bertz CT molecular complexity index is 628. The molecule has 0 aromatic heterocycles. The van der Waals surface area contributed by atoms with Crippen LogP contribution < -0.4 is 0 Å². The summed E-state index contributed by atoms with van der Waals surface area (Å²) >= 11 is 0. The topological polar surface area (TPSA) is 66.9 Å². The van der Waals surface area contributed by atoms with Crippen LogP contribution in [-0.4, -0.2) is 53.9 Å². The van der Waals surface area contributed by atoms with Crippen LogP contribution in [0.1, 0.15) is 28.8 Å². The zero-order chi connectivity index (χ0) is 15.7. The van der Waals surface area contributed by atoms with Gasteiger partial charge in [0.15, 0.2) is 0 Å². The third kappa shape index (κ3) is 2.62. The van der Waals surface area contributed by atoms with Gasteiger partial charge in [0.25, 0.3) is 5.91 Å². The number of nitrogens with zero attached hydrogens (tertiary/aromatic N) is 2. The van der Waals surface area contributed by atoms with Gasteiger partial charge in [0.1, 0.15) is 6.73 Å². The van der Waals surface area contributed by atoms with Crippen LogP contribution in [0.25, 0.3) is 0 Å². The second-order valence-electron chi connectivity index (χ2n) is 5.69. The molecule has 1 fully saturated rings. The number of fused-ring (bicyclic) bond motifs is 1. The summed E-state index contributed by atoms with van der Waals surface area (Å²) in [6.45, 7) is 0.444. The quantitative estimate of drug-likeness (QED) is 0.720. The monoisotopic (exact) mass is 302 g/mol. The lowest BCUT2D eigenvalue weighted by Crippen LogP contribution is -2.51. The van der Waals surface area contributed by atoms with Crippen LogP contribution in [0.2, 0.25) is 0 Å². The fraction of sp³-hybridized carbons (Fsp3) is 0.438. The highest BCUT2D eigenvalue weighted by molar-refractivity contribution is 6.10. The third-order valence-electron chi connectivity index (χ3n) is 4.15. The van der Waals surface area contributed by atoms with Crippen LogP contribution in [0.3, 0.4) is 0 Å². The van der Waals surface area contributed by atoms with E-state index < -0.39 is 0 Å². The second-order valence-corrected chi connectivity index (χ2v) is 5.69. The lowest BCUT2D eigenvalue weighted by atomic mass is 9.96. The molecular formula is C16H18N2O4. The minimum Gasteiger partial charge on any atom is -0.359 e. The third-order valence-corrected chi connectivity index (χ3v) is 4.15. The average Bonchev–Trinajstić information content (AvgIpc) is 2.50. The van der Waals surface area contributed by atoms with Crippen molar-refractivity contribution >= 4 is 17.7 Å². The number of benzene rings is 1. The van der Waals surface area contributed by atoms with E-state index in [1.165, 1.54) is 9.80 Å². The molecule has 1 aromatic carbocycles. The standard InChI is InChI=1S/C16H18N2O4/c1-17-10-22-9-12(6-7-14(17)19)18-15(20)8-11-4-2-3-5-13(11)16(18)21/h2-5,12H,6-10H2,1H3. The Hall–Kier alpha value is -2.21. The van der Waals surface area contributed by atoms with Gasteiger partial charge in [-0.25, -0.2) is 0 Å². The van der Waals surface area contributed by atoms with Gasteiger partial charge in [-0.1, -0.05) is 18.2 Å². The molecule has 0 bridgehead atoms. The summed E-state index contributed by atoms with van der Waals surface area (Å²) in [4.78, 5) is 39.6. The summed E-state index contributed by atoms with van der Waals surface area (Å²) in [5.74, 6) is -0.553. The summed E-state index contributed by atoms with van der Waals surface area (Å²) in [6, 6.07) is 6.77. The smallest absolute Gasteiger partial charge is 0.261 e. The van der Waals surface area contributed by atoms with Crippen LogP contribution in [0.5, 0.6) is 0 Å². The van der Waals surface area contributed by atoms with Gasteiger partial charge in [-0.15, -0.1) is 0 Å². The van der Waals surface area contributed by atoms with Crippen LogP contribution in [0.15, 0.2) is 24.3 Å². The molecule has 1 saturated heterocycles. The molecule has 0 N–H and O–H groups in total. The highest BCUT2D eigenvalue weighted by Crippen LogP contribution is 2.24. The van der Waals surface area contributed by atoms with Crippen molar-refractivity contribution in [2.45, 2.75) is 25.3 Å². The van der Waals surface area contributed by atoms with E-state index in [-0.39, 0.29) is 43.5 Å². The fourth-order valence-corrected chi connectivity index (χ4v) is 2.91. The molecule has 6 heteroatoms. The maximum absolute atomic E-state index is 12.6. The molecule has 3 rings (SSSR count). The SMILES string of the molecule is CN1COCC(N2C(=O)Cc3ccccc3C2=O)CCC1=O. The van der Waals surface area contributed by atoms with Crippen LogP contribution in [0, 0.1) is 0 Å². The predicted octanol–water partition coefficient (Wildman–Crippen LogP) is 0.806. The van der Waals surface area contributed by atoms with Gasteiger partial charge in [-0.05, 0) is 18.1 Å².